The van der Waals surface area contributed by atoms with E-state index < -0.39 is 0 Å². The second-order valence-electron chi connectivity index (χ2n) is 8.39. The molecule has 6 aromatic rings. The molecule has 2 heterocycles. The fourth-order valence-electron chi connectivity index (χ4n) is 4.13. The molecule has 4 aromatic carbocycles. The molecule has 0 amide bonds. The highest BCUT2D eigenvalue weighted by atomic mass is 16.5. The number of nitrogens with zero attached hydrogens (tertiary/aromatic N) is 5. The quantitative estimate of drug-likeness (QED) is 0.269. The minimum absolute atomic E-state index is 0.670. The molecule has 0 spiro atoms. The highest BCUT2D eigenvalue weighted by molar-refractivity contribution is 5.64. The first-order chi connectivity index (χ1) is 17.7. The minimum atomic E-state index is 0.670. The highest BCUT2D eigenvalue weighted by Gasteiger charge is 2.15. The Labute approximate surface area is 209 Å². The SMILES string of the molecule is Cn1ccnc1-c1cccc(Oc2cccc(-n3nc(-c4ccccc4)nc3-c3ccccc3)c2)c1. The van der Waals surface area contributed by atoms with Gasteiger partial charge in [-0.3, -0.25) is 0 Å². The third-order valence-corrected chi connectivity index (χ3v) is 5.88. The largest absolute Gasteiger partial charge is 0.457 e. The van der Waals surface area contributed by atoms with Gasteiger partial charge in [-0.2, -0.15) is 0 Å². The lowest BCUT2D eigenvalue weighted by atomic mass is 10.2. The topological polar surface area (TPSA) is 57.8 Å². The predicted octanol–water partition coefficient (Wildman–Crippen LogP) is 6.79. The van der Waals surface area contributed by atoms with Crippen molar-refractivity contribution < 1.29 is 4.74 Å². The fraction of sp³-hybridized carbons (Fsp3) is 0.0333. The number of imidazole rings is 1. The van der Waals surface area contributed by atoms with Crippen LogP contribution in [0.2, 0.25) is 0 Å². The Morgan fingerprint density at radius 2 is 1.31 bits per heavy atom. The monoisotopic (exact) mass is 469 g/mol. The summed E-state index contributed by atoms with van der Waals surface area (Å²) in [7, 11) is 1.98. The van der Waals surface area contributed by atoms with Gasteiger partial charge in [0.05, 0.1) is 5.69 Å². The van der Waals surface area contributed by atoms with Crippen molar-refractivity contribution in [1.82, 2.24) is 24.3 Å². The standard InChI is InChI=1S/C30H23N5O/c1-34-19-18-31-29(34)24-14-8-16-26(20-24)36-27-17-9-15-25(21-27)35-30(23-12-6-3-7-13-23)32-28(33-35)22-10-4-2-5-11-22/h2-21H,1H3. The molecule has 0 aliphatic rings. The molecule has 0 aliphatic heterocycles. The van der Waals surface area contributed by atoms with Crippen molar-refractivity contribution in [2.75, 3.05) is 0 Å². The summed E-state index contributed by atoms with van der Waals surface area (Å²) in [4.78, 5) is 9.33. The zero-order chi connectivity index (χ0) is 24.3. The van der Waals surface area contributed by atoms with E-state index in [1.54, 1.807) is 6.20 Å². The van der Waals surface area contributed by atoms with E-state index in [4.69, 9.17) is 14.8 Å². The smallest absolute Gasteiger partial charge is 0.182 e. The molecule has 174 valence electrons. The second-order valence-corrected chi connectivity index (χ2v) is 8.39. The van der Waals surface area contributed by atoms with Crippen LogP contribution in [-0.2, 0) is 7.05 Å². The van der Waals surface area contributed by atoms with Gasteiger partial charge in [0.15, 0.2) is 11.6 Å². The molecule has 0 bridgehead atoms. The molecule has 0 aliphatic carbocycles. The average molecular weight is 470 g/mol. The maximum Gasteiger partial charge on any atom is 0.182 e. The molecule has 0 fully saturated rings. The van der Waals surface area contributed by atoms with E-state index in [1.807, 2.05) is 132 Å². The van der Waals surface area contributed by atoms with Gasteiger partial charge in [-0.05, 0) is 24.3 Å². The van der Waals surface area contributed by atoms with Gasteiger partial charge in [-0.15, -0.1) is 5.10 Å². The van der Waals surface area contributed by atoms with Gasteiger partial charge in [0.1, 0.15) is 17.3 Å². The zero-order valence-electron chi connectivity index (χ0n) is 19.7. The van der Waals surface area contributed by atoms with Gasteiger partial charge in [-0.25, -0.2) is 14.6 Å². The molecule has 0 atom stereocenters. The summed E-state index contributed by atoms with van der Waals surface area (Å²) in [5.74, 6) is 3.77. The number of aryl methyl sites for hydroxylation is 1. The van der Waals surface area contributed by atoms with Gasteiger partial charge < -0.3 is 9.30 Å². The van der Waals surface area contributed by atoms with Crippen LogP contribution in [-0.4, -0.2) is 24.3 Å². The van der Waals surface area contributed by atoms with Crippen LogP contribution >= 0.6 is 0 Å². The first-order valence-corrected chi connectivity index (χ1v) is 11.7. The van der Waals surface area contributed by atoms with Gasteiger partial charge in [0.25, 0.3) is 0 Å². The second kappa shape index (κ2) is 9.35. The molecule has 0 unspecified atom stereocenters. The van der Waals surface area contributed by atoms with E-state index in [1.165, 1.54) is 0 Å². The summed E-state index contributed by atoms with van der Waals surface area (Å²) in [6.45, 7) is 0. The van der Waals surface area contributed by atoms with Gasteiger partial charge in [0, 0.05) is 42.2 Å². The summed E-state index contributed by atoms with van der Waals surface area (Å²) in [6.07, 6.45) is 3.72. The first kappa shape index (κ1) is 21.6. The minimum Gasteiger partial charge on any atom is -0.457 e. The molecule has 0 saturated heterocycles. The number of hydrogen-bond acceptors (Lipinski definition) is 4. The Bertz CT molecular complexity index is 1620. The lowest BCUT2D eigenvalue weighted by molar-refractivity contribution is 0.482. The molecule has 0 saturated carbocycles. The number of ether oxygens (including phenoxy) is 1. The van der Waals surface area contributed by atoms with Crippen LogP contribution in [0.4, 0.5) is 0 Å². The van der Waals surface area contributed by atoms with E-state index in [0.29, 0.717) is 11.6 Å². The summed E-state index contributed by atoms with van der Waals surface area (Å²) >= 11 is 0. The fourth-order valence-corrected chi connectivity index (χ4v) is 4.13. The average Bonchev–Trinajstić information content (AvgIpc) is 3.57. The van der Waals surface area contributed by atoms with Crippen molar-refractivity contribution in [3.63, 3.8) is 0 Å². The van der Waals surface area contributed by atoms with Gasteiger partial charge in [-0.1, -0.05) is 78.9 Å². The van der Waals surface area contributed by atoms with Crippen molar-refractivity contribution in [2.24, 2.45) is 7.05 Å². The lowest BCUT2D eigenvalue weighted by Gasteiger charge is -2.10. The molecular formula is C30H23N5O. The molecule has 6 nitrogen and oxygen atoms in total. The molecule has 2 aromatic heterocycles. The third-order valence-electron chi connectivity index (χ3n) is 5.88. The Morgan fingerprint density at radius 3 is 2.03 bits per heavy atom. The Kier molecular flexibility index (Phi) is 5.60. The molecule has 36 heavy (non-hydrogen) atoms. The Hall–Kier alpha value is -4.97. The van der Waals surface area contributed by atoms with E-state index >= 15 is 0 Å². The van der Waals surface area contributed by atoms with Crippen molar-refractivity contribution in [2.45, 2.75) is 0 Å². The summed E-state index contributed by atoms with van der Waals surface area (Å²) < 4.78 is 10.1. The number of benzene rings is 4. The molecule has 0 N–H and O–H groups in total. The zero-order valence-corrected chi connectivity index (χ0v) is 19.7. The van der Waals surface area contributed by atoms with E-state index in [9.17, 15) is 0 Å². The Balaban J connectivity index is 1.37. The van der Waals surface area contributed by atoms with E-state index in [2.05, 4.69) is 4.98 Å². The molecule has 6 rings (SSSR count). The number of aromatic nitrogens is 5. The first-order valence-electron chi connectivity index (χ1n) is 11.7. The van der Waals surface area contributed by atoms with Crippen molar-refractivity contribution in [1.29, 1.82) is 0 Å². The van der Waals surface area contributed by atoms with Crippen LogP contribution in [0.5, 0.6) is 11.5 Å². The third kappa shape index (κ3) is 4.28. The number of hydrogen-bond donors (Lipinski definition) is 0. The van der Waals surface area contributed by atoms with Crippen LogP contribution in [0.15, 0.2) is 122 Å². The maximum absolute atomic E-state index is 6.26. The van der Waals surface area contributed by atoms with E-state index in [-0.39, 0.29) is 0 Å². The predicted molar refractivity (Wildman–Crippen MR) is 141 cm³/mol. The summed E-state index contributed by atoms with van der Waals surface area (Å²) in [6, 6.07) is 35.9. The van der Waals surface area contributed by atoms with Gasteiger partial charge >= 0.3 is 0 Å². The molecular weight excluding hydrogens is 446 g/mol. The lowest BCUT2D eigenvalue weighted by Crippen LogP contribution is -2.00. The summed E-state index contributed by atoms with van der Waals surface area (Å²) in [5.41, 5.74) is 3.81. The molecule has 6 heteroatoms. The van der Waals surface area contributed by atoms with Crippen LogP contribution in [0.1, 0.15) is 0 Å². The highest BCUT2D eigenvalue weighted by Crippen LogP contribution is 2.30. The van der Waals surface area contributed by atoms with Crippen molar-refractivity contribution >= 4 is 0 Å². The van der Waals surface area contributed by atoms with Crippen LogP contribution in [0.3, 0.4) is 0 Å². The Morgan fingerprint density at radius 1 is 0.639 bits per heavy atom. The molecule has 0 radical (unpaired) electrons. The van der Waals surface area contributed by atoms with Crippen molar-refractivity contribution in [3.05, 3.63) is 122 Å². The van der Waals surface area contributed by atoms with Crippen LogP contribution in [0, 0.1) is 0 Å². The summed E-state index contributed by atoms with van der Waals surface area (Å²) in [5, 5.41) is 4.87. The maximum atomic E-state index is 6.26. The van der Waals surface area contributed by atoms with Gasteiger partial charge in [0.2, 0.25) is 0 Å². The van der Waals surface area contributed by atoms with Crippen LogP contribution in [0.25, 0.3) is 39.9 Å². The number of rotatable bonds is 6. The van der Waals surface area contributed by atoms with Crippen molar-refractivity contribution in [3.8, 4) is 51.3 Å². The van der Waals surface area contributed by atoms with Crippen LogP contribution < -0.4 is 4.74 Å². The normalized spacial score (nSPS) is 10.9. The van der Waals surface area contributed by atoms with E-state index in [0.717, 1.165) is 39.8 Å².